The summed E-state index contributed by atoms with van der Waals surface area (Å²) in [5.74, 6) is 6.39. The Morgan fingerprint density at radius 1 is 0.952 bits per heavy atom. The second-order valence-electron chi connectivity index (χ2n) is 4.84. The number of ether oxygens (including phenoxy) is 1. The van der Waals surface area contributed by atoms with Gasteiger partial charge in [-0.1, -0.05) is 49.5 Å². The molecule has 0 aliphatic heterocycles. The molecule has 2 aromatic rings. The van der Waals surface area contributed by atoms with Gasteiger partial charge >= 0.3 is 0 Å². The maximum atomic E-state index is 8.65. The Morgan fingerprint density at radius 2 is 1.62 bits per heavy atom. The van der Waals surface area contributed by atoms with Crippen LogP contribution in [0.2, 0.25) is 0 Å². The van der Waals surface area contributed by atoms with Crippen LogP contribution in [-0.2, 0) is 13.0 Å². The molecule has 0 aliphatic carbocycles. The average molecular weight is 280 g/mol. The predicted octanol–water partition coefficient (Wildman–Crippen LogP) is 3.56. The van der Waals surface area contributed by atoms with E-state index in [4.69, 9.17) is 9.84 Å². The van der Waals surface area contributed by atoms with Gasteiger partial charge in [-0.05, 0) is 41.8 Å². The van der Waals surface area contributed by atoms with Crippen LogP contribution in [0.25, 0.3) is 0 Å². The number of aryl methyl sites for hydroxylation is 1. The predicted molar refractivity (Wildman–Crippen MR) is 85.2 cm³/mol. The van der Waals surface area contributed by atoms with Crippen LogP contribution in [0, 0.1) is 11.8 Å². The molecule has 2 heteroatoms. The van der Waals surface area contributed by atoms with Gasteiger partial charge in [0.05, 0.1) is 0 Å². The summed E-state index contributed by atoms with van der Waals surface area (Å²) in [5.41, 5.74) is 3.34. The van der Waals surface area contributed by atoms with Crippen LogP contribution in [-0.4, -0.2) is 11.7 Å². The van der Waals surface area contributed by atoms with Gasteiger partial charge in [0.15, 0.2) is 0 Å². The van der Waals surface area contributed by atoms with Crippen LogP contribution in [0.5, 0.6) is 5.75 Å². The van der Waals surface area contributed by atoms with Crippen LogP contribution in [0.3, 0.4) is 0 Å². The first-order valence-corrected chi connectivity index (χ1v) is 7.22. The van der Waals surface area contributed by atoms with E-state index in [0.717, 1.165) is 29.7 Å². The van der Waals surface area contributed by atoms with Crippen LogP contribution >= 0.6 is 0 Å². The highest BCUT2D eigenvalue weighted by Gasteiger charge is 1.97. The lowest BCUT2D eigenvalue weighted by molar-refractivity contribution is 0.306. The summed E-state index contributed by atoms with van der Waals surface area (Å²) in [7, 11) is 0. The third-order valence-corrected chi connectivity index (χ3v) is 3.13. The maximum absolute atomic E-state index is 8.65. The molecule has 0 heterocycles. The molecule has 108 valence electrons. The molecule has 2 rings (SSSR count). The van der Waals surface area contributed by atoms with Gasteiger partial charge in [-0.15, -0.1) is 0 Å². The van der Waals surface area contributed by atoms with Gasteiger partial charge in [-0.2, -0.15) is 0 Å². The fraction of sp³-hybridized carbons (Fsp3) is 0.263. The molecule has 0 atom stereocenters. The molecule has 0 aliphatic rings. The highest BCUT2D eigenvalue weighted by Crippen LogP contribution is 2.15. The minimum absolute atomic E-state index is 0.112. The Bertz CT molecular complexity index is 601. The number of rotatable bonds is 5. The molecule has 21 heavy (non-hydrogen) atoms. The smallest absolute Gasteiger partial charge is 0.119 e. The van der Waals surface area contributed by atoms with Crippen molar-refractivity contribution >= 4 is 0 Å². The third-order valence-electron chi connectivity index (χ3n) is 3.13. The molecule has 0 fully saturated rings. The number of hydrogen-bond donors (Lipinski definition) is 1. The first kappa shape index (κ1) is 15.2. The fourth-order valence-corrected chi connectivity index (χ4v) is 2.03. The van der Waals surface area contributed by atoms with Crippen molar-refractivity contribution in [3.8, 4) is 17.6 Å². The molecule has 0 amide bonds. The van der Waals surface area contributed by atoms with E-state index in [0.29, 0.717) is 6.61 Å². The summed E-state index contributed by atoms with van der Waals surface area (Å²) in [6, 6.07) is 16.1. The second kappa shape index (κ2) is 8.14. The topological polar surface area (TPSA) is 29.5 Å². The van der Waals surface area contributed by atoms with Crippen molar-refractivity contribution in [2.24, 2.45) is 0 Å². The van der Waals surface area contributed by atoms with E-state index >= 15 is 0 Å². The zero-order valence-electron chi connectivity index (χ0n) is 12.3. The van der Waals surface area contributed by atoms with E-state index in [9.17, 15) is 0 Å². The van der Waals surface area contributed by atoms with Gasteiger partial charge in [-0.25, -0.2) is 0 Å². The number of benzene rings is 2. The van der Waals surface area contributed by atoms with Crippen LogP contribution in [0.4, 0.5) is 0 Å². The Labute approximate surface area is 126 Å². The molecule has 1 N–H and O–H groups in total. The van der Waals surface area contributed by atoms with E-state index in [1.807, 2.05) is 36.4 Å². The van der Waals surface area contributed by atoms with Crippen LogP contribution in [0.1, 0.15) is 30.0 Å². The Balaban J connectivity index is 1.90. The number of hydrogen-bond acceptors (Lipinski definition) is 2. The Kier molecular flexibility index (Phi) is 5.87. The first-order valence-electron chi connectivity index (χ1n) is 7.22. The Morgan fingerprint density at radius 3 is 2.24 bits per heavy atom. The van der Waals surface area contributed by atoms with Crippen molar-refractivity contribution in [2.75, 3.05) is 6.61 Å². The zero-order valence-corrected chi connectivity index (χ0v) is 12.3. The van der Waals surface area contributed by atoms with E-state index in [-0.39, 0.29) is 6.61 Å². The Hall–Kier alpha value is -2.24. The average Bonchev–Trinajstić information content (AvgIpc) is 2.53. The maximum Gasteiger partial charge on any atom is 0.119 e. The monoisotopic (exact) mass is 280 g/mol. The molecular weight excluding hydrogens is 260 g/mol. The summed E-state index contributed by atoms with van der Waals surface area (Å²) in [6.07, 6.45) is 2.27. The van der Waals surface area contributed by atoms with Crippen molar-refractivity contribution in [3.05, 3.63) is 65.2 Å². The van der Waals surface area contributed by atoms with E-state index in [1.54, 1.807) is 0 Å². The third kappa shape index (κ3) is 4.98. The quantitative estimate of drug-likeness (QED) is 0.849. The van der Waals surface area contributed by atoms with Crippen LogP contribution in [0.15, 0.2) is 48.5 Å². The summed E-state index contributed by atoms with van der Waals surface area (Å²) < 4.78 is 5.77. The lowest BCUT2D eigenvalue weighted by Crippen LogP contribution is -1.95. The van der Waals surface area contributed by atoms with Crippen molar-refractivity contribution in [3.63, 3.8) is 0 Å². The van der Waals surface area contributed by atoms with Gasteiger partial charge in [-0.3, -0.25) is 0 Å². The number of aliphatic hydroxyl groups is 1. The van der Waals surface area contributed by atoms with E-state index in [2.05, 4.69) is 30.9 Å². The van der Waals surface area contributed by atoms with Crippen molar-refractivity contribution in [2.45, 2.75) is 26.4 Å². The summed E-state index contributed by atoms with van der Waals surface area (Å²) in [5, 5.41) is 8.65. The summed E-state index contributed by atoms with van der Waals surface area (Å²) in [6.45, 7) is 2.61. The van der Waals surface area contributed by atoms with E-state index in [1.165, 1.54) is 5.56 Å². The largest absolute Gasteiger partial charge is 0.489 e. The highest BCUT2D eigenvalue weighted by molar-refractivity contribution is 5.36. The summed E-state index contributed by atoms with van der Waals surface area (Å²) in [4.78, 5) is 0. The van der Waals surface area contributed by atoms with Crippen molar-refractivity contribution in [1.29, 1.82) is 0 Å². The molecule has 0 bridgehead atoms. The molecule has 0 unspecified atom stereocenters. The second-order valence-corrected chi connectivity index (χ2v) is 4.84. The minimum atomic E-state index is -0.112. The van der Waals surface area contributed by atoms with Gasteiger partial charge in [0.1, 0.15) is 19.0 Å². The molecule has 0 saturated carbocycles. The lowest BCUT2D eigenvalue weighted by atomic mass is 10.1. The number of aliphatic hydroxyl groups excluding tert-OH is 1. The SMILES string of the molecule is CCCc1ccc(OCc2ccc(C#CCO)cc2)cc1. The van der Waals surface area contributed by atoms with Gasteiger partial charge in [0.2, 0.25) is 0 Å². The van der Waals surface area contributed by atoms with Crippen LogP contribution < -0.4 is 4.74 Å². The van der Waals surface area contributed by atoms with Gasteiger partial charge < -0.3 is 9.84 Å². The van der Waals surface area contributed by atoms with E-state index < -0.39 is 0 Å². The molecule has 0 saturated heterocycles. The lowest BCUT2D eigenvalue weighted by Gasteiger charge is -2.07. The minimum Gasteiger partial charge on any atom is -0.489 e. The molecule has 0 radical (unpaired) electrons. The molecule has 0 spiro atoms. The van der Waals surface area contributed by atoms with Crippen molar-refractivity contribution in [1.82, 2.24) is 0 Å². The standard InChI is InChI=1S/C19H20O2/c1-2-4-16-10-12-19(13-11-16)21-15-18-8-6-17(7-9-18)5-3-14-20/h6-13,20H,2,4,14-15H2,1H3. The normalized spacial score (nSPS) is 9.81. The van der Waals surface area contributed by atoms with Crippen molar-refractivity contribution < 1.29 is 9.84 Å². The fourth-order valence-electron chi connectivity index (χ4n) is 2.03. The molecule has 0 aromatic heterocycles. The zero-order chi connectivity index (χ0) is 14.9. The highest BCUT2D eigenvalue weighted by atomic mass is 16.5. The van der Waals surface area contributed by atoms with Gasteiger partial charge in [0, 0.05) is 5.56 Å². The first-order chi connectivity index (χ1) is 10.3. The molecular formula is C19H20O2. The van der Waals surface area contributed by atoms with Gasteiger partial charge in [0.25, 0.3) is 0 Å². The molecule has 2 aromatic carbocycles. The molecule has 2 nitrogen and oxygen atoms in total. The summed E-state index contributed by atoms with van der Waals surface area (Å²) >= 11 is 0.